The number of hydrogen-bond donors (Lipinski definition) is 0. The number of ketones is 1. The Kier molecular flexibility index (Phi) is 4.54. The van der Waals surface area contributed by atoms with Crippen LogP contribution in [-0.4, -0.2) is 27.1 Å². The summed E-state index contributed by atoms with van der Waals surface area (Å²) < 4.78 is 10.9. The quantitative estimate of drug-likeness (QED) is 0.759. The number of aryl methyl sites for hydroxylation is 1. The molecule has 0 aliphatic rings. The molecule has 0 amide bonds. The lowest BCUT2D eigenvalue weighted by Crippen LogP contribution is -2.21. The molecular formula is C11H14O2S2. The van der Waals surface area contributed by atoms with Crippen LogP contribution in [0, 0.1) is 6.92 Å². The first-order valence-corrected chi connectivity index (χ1v) is 7.43. The van der Waals surface area contributed by atoms with Crippen LogP contribution >= 0.6 is 11.8 Å². The molecule has 0 spiro atoms. The molecule has 0 fully saturated rings. The summed E-state index contributed by atoms with van der Waals surface area (Å²) in [5.41, 5.74) is 1.75. The number of carbonyl (C=O) groups is 1. The minimum absolute atomic E-state index is 0.0525. The summed E-state index contributed by atoms with van der Waals surface area (Å²) in [6, 6.07) is 7.36. The first kappa shape index (κ1) is 12.5. The van der Waals surface area contributed by atoms with Gasteiger partial charge in [-0.25, -0.2) is 0 Å². The standard InChI is InChI=1S/C11H14O2S2/c1-8-4-6-9(7-5-8)10(12)11(14-2)15(3)13/h4-7,11H,1-3H3/t11-,15?/m1/s1. The molecule has 4 heteroatoms. The zero-order valence-electron chi connectivity index (χ0n) is 9.02. The Morgan fingerprint density at radius 3 is 2.27 bits per heavy atom. The van der Waals surface area contributed by atoms with Crippen molar-refractivity contribution in [3.8, 4) is 0 Å². The van der Waals surface area contributed by atoms with Crippen molar-refractivity contribution in [3.05, 3.63) is 35.4 Å². The molecule has 2 atom stereocenters. The second-order valence-electron chi connectivity index (χ2n) is 3.30. The fraction of sp³-hybridized carbons (Fsp3) is 0.364. The van der Waals surface area contributed by atoms with Crippen molar-refractivity contribution in [2.45, 2.75) is 11.5 Å². The lowest BCUT2D eigenvalue weighted by Gasteiger charge is -2.10. The molecule has 0 aliphatic carbocycles. The summed E-state index contributed by atoms with van der Waals surface area (Å²) in [6.45, 7) is 1.97. The summed E-state index contributed by atoms with van der Waals surface area (Å²) in [4.78, 5) is 11.9. The van der Waals surface area contributed by atoms with Gasteiger partial charge in [0.25, 0.3) is 0 Å². The molecule has 1 aromatic rings. The van der Waals surface area contributed by atoms with Crippen molar-refractivity contribution in [1.82, 2.24) is 0 Å². The number of Topliss-reactive ketones (excluding diaryl/α,β-unsaturated/α-hetero) is 1. The third-order valence-electron chi connectivity index (χ3n) is 2.07. The molecule has 2 nitrogen and oxygen atoms in total. The molecule has 0 saturated carbocycles. The van der Waals surface area contributed by atoms with E-state index in [0.717, 1.165) is 5.56 Å². The van der Waals surface area contributed by atoms with E-state index in [4.69, 9.17) is 0 Å². The number of carbonyl (C=O) groups excluding carboxylic acids is 1. The van der Waals surface area contributed by atoms with E-state index >= 15 is 0 Å². The number of thioether (sulfide) groups is 1. The highest BCUT2D eigenvalue weighted by molar-refractivity contribution is 8.11. The van der Waals surface area contributed by atoms with E-state index in [-0.39, 0.29) is 5.78 Å². The van der Waals surface area contributed by atoms with E-state index < -0.39 is 15.4 Å². The smallest absolute Gasteiger partial charge is 0.188 e. The molecule has 0 aromatic heterocycles. The maximum absolute atomic E-state index is 11.9. The maximum atomic E-state index is 11.9. The van der Waals surface area contributed by atoms with Gasteiger partial charge in [-0.05, 0) is 13.2 Å². The van der Waals surface area contributed by atoms with Crippen LogP contribution in [0.25, 0.3) is 0 Å². The minimum atomic E-state index is -1.13. The molecular weight excluding hydrogens is 228 g/mol. The monoisotopic (exact) mass is 242 g/mol. The van der Waals surface area contributed by atoms with E-state index in [2.05, 4.69) is 0 Å². The number of benzene rings is 1. The predicted octanol–water partition coefficient (Wildman–Crippen LogP) is 2.25. The van der Waals surface area contributed by atoms with Gasteiger partial charge in [0.05, 0.1) is 0 Å². The van der Waals surface area contributed by atoms with Crippen LogP contribution in [0.4, 0.5) is 0 Å². The highest BCUT2D eigenvalue weighted by atomic mass is 32.2. The van der Waals surface area contributed by atoms with Crippen LogP contribution in [0.3, 0.4) is 0 Å². The van der Waals surface area contributed by atoms with Gasteiger partial charge in [-0.2, -0.15) is 0 Å². The summed E-state index contributed by atoms with van der Waals surface area (Å²) in [7, 11) is -1.13. The van der Waals surface area contributed by atoms with Gasteiger partial charge in [-0.1, -0.05) is 29.8 Å². The van der Waals surface area contributed by atoms with Gasteiger partial charge in [-0.15, -0.1) is 11.8 Å². The van der Waals surface area contributed by atoms with Crippen LogP contribution < -0.4 is 0 Å². The van der Waals surface area contributed by atoms with Crippen molar-refractivity contribution in [3.63, 3.8) is 0 Å². The topological polar surface area (TPSA) is 34.1 Å². The van der Waals surface area contributed by atoms with Crippen molar-refractivity contribution < 1.29 is 9.00 Å². The fourth-order valence-corrected chi connectivity index (χ4v) is 3.12. The van der Waals surface area contributed by atoms with E-state index in [9.17, 15) is 9.00 Å². The van der Waals surface area contributed by atoms with Gasteiger partial charge < -0.3 is 0 Å². The Morgan fingerprint density at radius 1 is 1.33 bits per heavy atom. The third kappa shape index (κ3) is 3.18. The van der Waals surface area contributed by atoms with Gasteiger partial charge in [0.1, 0.15) is 4.58 Å². The van der Waals surface area contributed by atoms with Gasteiger partial charge in [0.2, 0.25) is 0 Å². The highest BCUT2D eigenvalue weighted by Gasteiger charge is 2.22. The van der Waals surface area contributed by atoms with Crippen molar-refractivity contribution in [2.75, 3.05) is 12.5 Å². The summed E-state index contributed by atoms with van der Waals surface area (Å²) >= 11 is 1.34. The van der Waals surface area contributed by atoms with Crippen LogP contribution in [0.1, 0.15) is 15.9 Å². The Morgan fingerprint density at radius 2 is 1.87 bits per heavy atom. The van der Waals surface area contributed by atoms with E-state index in [1.54, 1.807) is 24.6 Å². The normalized spacial score (nSPS) is 14.6. The molecule has 1 aromatic carbocycles. The summed E-state index contributed by atoms with van der Waals surface area (Å²) in [5, 5.41) is 0. The Labute approximate surface area is 96.9 Å². The van der Waals surface area contributed by atoms with E-state index in [0.29, 0.717) is 5.56 Å². The molecule has 0 saturated heterocycles. The van der Waals surface area contributed by atoms with Crippen molar-refractivity contribution in [2.24, 2.45) is 0 Å². The minimum Gasteiger partial charge on any atom is -0.292 e. The van der Waals surface area contributed by atoms with Crippen molar-refractivity contribution in [1.29, 1.82) is 0 Å². The molecule has 82 valence electrons. The molecule has 0 N–H and O–H groups in total. The largest absolute Gasteiger partial charge is 0.292 e. The SMILES string of the molecule is CS[C@@H](C(=O)c1ccc(C)cc1)S(C)=O. The summed E-state index contributed by atoms with van der Waals surface area (Å²) in [5.74, 6) is -0.0525. The molecule has 15 heavy (non-hydrogen) atoms. The van der Waals surface area contributed by atoms with Gasteiger partial charge in [0, 0.05) is 22.6 Å². The van der Waals surface area contributed by atoms with Crippen LogP contribution in [-0.2, 0) is 10.8 Å². The fourth-order valence-electron chi connectivity index (χ4n) is 1.25. The molecule has 0 aliphatic heterocycles. The Bertz CT molecular complexity index is 371. The first-order valence-electron chi connectivity index (χ1n) is 4.52. The van der Waals surface area contributed by atoms with Gasteiger partial charge >= 0.3 is 0 Å². The average Bonchev–Trinajstić information content (AvgIpc) is 2.19. The molecule has 0 heterocycles. The third-order valence-corrected chi connectivity index (χ3v) is 4.92. The first-order chi connectivity index (χ1) is 7.06. The predicted molar refractivity (Wildman–Crippen MR) is 66.9 cm³/mol. The molecule has 0 radical (unpaired) electrons. The number of rotatable bonds is 4. The van der Waals surface area contributed by atoms with Crippen molar-refractivity contribution >= 4 is 28.3 Å². The maximum Gasteiger partial charge on any atom is 0.188 e. The molecule has 1 unspecified atom stereocenters. The Hall–Kier alpha value is -0.610. The van der Waals surface area contributed by atoms with Gasteiger partial charge in [-0.3, -0.25) is 9.00 Å². The zero-order chi connectivity index (χ0) is 11.4. The lowest BCUT2D eigenvalue weighted by molar-refractivity contribution is 0.101. The average molecular weight is 242 g/mol. The zero-order valence-corrected chi connectivity index (χ0v) is 10.7. The molecule has 1 rings (SSSR count). The van der Waals surface area contributed by atoms with Gasteiger partial charge in [0.15, 0.2) is 5.78 Å². The lowest BCUT2D eigenvalue weighted by atomic mass is 10.1. The van der Waals surface area contributed by atoms with E-state index in [1.807, 2.05) is 19.1 Å². The summed E-state index contributed by atoms with van der Waals surface area (Å²) in [6.07, 6.45) is 3.37. The van der Waals surface area contributed by atoms with Crippen LogP contribution in [0.15, 0.2) is 24.3 Å². The van der Waals surface area contributed by atoms with Crippen LogP contribution in [0.2, 0.25) is 0 Å². The van der Waals surface area contributed by atoms with E-state index in [1.165, 1.54) is 11.8 Å². The Balaban J connectivity index is 2.93. The second kappa shape index (κ2) is 5.47. The van der Waals surface area contributed by atoms with Crippen LogP contribution in [0.5, 0.6) is 0 Å². The highest BCUT2D eigenvalue weighted by Crippen LogP contribution is 2.17. The number of hydrogen-bond acceptors (Lipinski definition) is 3. The second-order valence-corrected chi connectivity index (χ2v) is 6.01. The molecule has 0 bridgehead atoms.